The summed E-state index contributed by atoms with van der Waals surface area (Å²) in [6.07, 6.45) is 5.79. The zero-order chi connectivity index (χ0) is 18.1. The predicted octanol–water partition coefficient (Wildman–Crippen LogP) is 4.79. The summed E-state index contributed by atoms with van der Waals surface area (Å²) < 4.78 is 5.17. The third kappa shape index (κ3) is 3.55. The van der Waals surface area contributed by atoms with Crippen molar-refractivity contribution in [3.63, 3.8) is 0 Å². The van der Waals surface area contributed by atoms with E-state index < -0.39 is 0 Å². The Kier molecular flexibility index (Phi) is 5.09. The van der Waals surface area contributed by atoms with Gasteiger partial charge in [-0.2, -0.15) is 0 Å². The molecule has 2 heterocycles. The molecule has 0 saturated heterocycles. The number of methoxy groups -OCH3 is 1. The van der Waals surface area contributed by atoms with Gasteiger partial charge in [0.2, 0.25) is 0 Å². The number of rotatable bonds is 4. The maximum atomic E-state index is 12.6. The normalized spacial score (nSPS) is 18.5. The Balaban J connectivity index is 1.45. The summed E-state index contributed by atoms with van der Waals surface area (Å²) in [5.41, 5.74) is 4.12. The lowest BCUT2D eigenvalue weighted by Crippen LogP contribution is -2.24. The zero-order valence-electron chi connectivity index (χ0n) is 15.1. The lowest BCUT2D eigenvalue weighted by Gasteiger charge is -2.20. The van der Waals surface area contributed by atoms with Gasteiger partial charge in [-0.25, -0.2) is 0 Å². The molecular weight excluding hydrogens is 362 g/mol. The fourth-order valence-electron chi connectivity index (χ4n) is 3.57. The Morgan fingerprint density at radius 1 is 1.27 bits per heavy atom. The first-order chi connectivity index (χ1) is 12.6. The molecule has 136 valence electrons. The van der Waals surface area contributed by atoms with Crippen molar-refractivity contribution < 1.29 is 9.53 Å². The van der Waals surface area contributed by atoms with Gasteiger partial charge in [0.15, 0.2) is 0 Å². The number of nitrogens with one attached hydrogen (secondary N) is 1. The fraction of sp³-hybridized carbons (Fsp3) is 0.381. The van der Waals surface area contributed by atoms with Gasteiger partial charge in [0, 0.05) is 22.1 Å². The minimum Gasteiger partial charge on any atom is -0.497 e. The molecule has 1 aromatic carbocycles. The number of hydrogen-bond donors (Lipinski definition) is 1. The molecule has 1 aromatic heterocycles. The summed E-state index contributed by atoms with van der Waals surface area (Å²) in [7, 11) is 1.65. The second kappa shape index (κ2) is 7.49. The number of carbonyl (C=O) groups is 1. The molecule has 3 nitrogen and oxygen atoms in total. The average Bonchev–Trinajstić information content (AvgIpc) is 3.02. The van der Waals surface area contributed by atoms with E-state index in [4.69, 9.17) is 4.74 Å². The number of carbonyl (C=O) groups excluding carboxylic acids is 1. The number of benzene rings is 1. The molecule has 1 amide bonds. The molecular formula is C21H23NO2S2. The first-order valence-corrected chi connectivity index (χ1v) is 10.8. The second-order valence-corrected chi connectivity index (χ2v) is 9.18. The SMILES string of the molecule is COc1ccc(CNC(=O)C2=Cc3sc4c(c3CS2)CC[C@H](C)C4)cc1. The summed E-state index contributed by atoms with van der Waals surface area (Å²) in [6.45, 7) is 2.87. The predicted molar refractivity (Wildman–Crippen MR) is 110 cm³/mol. The van der Waals surface area contributed by atoms with Gasteiger partial charge >= 0.3 is 0 Å². The average molecular weight is 386 g/mol. The molecule has 0 fully saturated rings. The van der Waals surface area contributed by atoms with Crippen molar-refractivity contribution in [3.8, 4) is 5.75 Å². The molecule has 5 heteroatoms. The van der Waals surface area contributed by atoms with Crippen LogP contribution in [0.25, 0.3) is 6.08 Å². The van der Waals surface area contributed by atoms with Crippen LogP contribution in [0.3, 0.4) is 0 Å². The molecule has 1 aliphatic carbocycles. The van der Waals surface area contributed by atoms with Gasteiger partial charge in [-0.3, -0.25) is 4.79 Å². The van der Waals surface area contributed by atoms with E-state index in [1.54, 1.807) is 29.3 Å². The summed E-state index contributed by atoms with van der Waals surface area (Å²) in [5, 5.41) is 3.04. The number of amides is 1. The van der Waals surface area contributed by atoms with Gasteiger partial charge < -0.3 is 10.1 Å². The van der Waals surface area contributed by atoms with E-state index in [0.29, 0.717) is 6.54 Å². The second-order valence-electron chi connectivity index (χ2n) is 7.02. The van der Waals surface area contributed by atoms with Crippen LogP contribution < -0.4 is 10.1 Å². The van der Waals surface area contributed by atoms with Crippen molar-refractivity contribution in [2.45, 2.75) is 38.5 Å². The Morgan fingerprint density at radius 2 is 2.08 bits per heavy atom. The van der Waals surface area contributed by atoms with Crippen LogP contribution >= 0.6 is 23.1 Å². The zero-order valence-corrected chi connectivity index (χ0v) is 16.8. The van der Waals surface area contributed by atoms with Crippen LogP contribution in [0.4, 0.5) is 0 Å². The van der Waals surface area contributed by atoms with E-state index >= 15 is 0 Å². The molecule has 26 heavy (non-hydrogen) atoms. The monoisotopic (exact) mass is 385 g/mol. The molecule has 0 unspecified atom stereocenters. The van der Waals surface area contributed by atoms with Crippen LogP contribution in [0.15, 0.2) is 29.2 Å². The highest BCUT2D eigenvalue weighted by atomic mass is 32.2. The fourth-order valence-corrected chi connectivity index (χ4v) is 6.24. The molecule has 0 bridgehead atoms. The molecule has 0 radical (unpaired) electrons. The van der Waals surface area contributed by atoms with Crippen LogP contribution in [0, 0.1) is 5.92 Å². The highest BCUT2D eigenvalue weighted by molar-refractivity contribution is 8.03. The summed E-state index contributed by atoms with van der Waals surface area (Å²) in [5.74, 6) is 2.56. The Hall–Kier alpha value is -1.72. The number of thioether (sulfide) groups is 1. The van der Waals surface area contributed by atoms with Crippen LogP contribution in [-0.2, 0) is 29.9 Å². The smallest absolute Gasteiger partial charge is 0.258 e. The Morgan fingerprint density at radius 3 is 2.85 bits per heavy atom. The largest absolute Gasteiger partial charge is 0.497 e. The summed E-state index contributed by atoms with van der Waals surface area (Å²) in [6, 6.07) is 7.79. The van der Waals surface area contributed by atoms with Gasteiger partial charge in [-0.15, -0.1) is 23.1 Å². The molecule has 2 aromatic rings. The quantitative estimate of drug-likeness (QED) is 0.823. The number of hydrogen-bond acceptors (Lipinski definition) is 4. The third-order valence-electron chi connectivity index (χ3n) is 5.12. The van der Waals surface area contributed by atoms with E-state index in [0.717, 1.165) is 27.9 Å². The Bertz CT molecular complexity index is 852. The van der Waals surface area contributed by atoms with Gasteiger partial charge in [0.05, 0.1) is 12.0 Å². The van der Waals surface area contributed by atoms with Crippen molar-refractivity contribution in [3.05, 3.63) is 55.6 Å². The third-order valence-corrected chi connectivity index (χ3v) is 7.41. The van der Waals surface area contributed by atoms with Gasteiger partial charge in [-0.05, 0) is 60.1 Å². The van der Waals surface area contributed by atoms with Crippen molar-refractivity contribution in [1.29, 1.82) is 0 Å². The topological polar surface area (TPSA) is 38.3 Å². The van der Waals surface area contributed by atoms with Crippen LogP contribution in [0.1, 0.15) is 39.8 Å². The van der Waals surface area contributed by atoms with Crippen molar-refractivity contribution >= 4 is 35.1 Å². The first-order valence-electron chi connectivity index (χ1n) is 9.03. The summed E-state index contributed by atoms with van der Waals surface area (Å²) in [4.78, 5) is 16.3. The van der Waals surface area contributed by atoms with Gasteiger partial charge in [-0.1, -0.05) is 19.1 Å². The van der Waals surface area contributed by atoms with Crippen LogP contribution in [-0.4, -0.2) is 13.0 Å². The number of fused-ring (bicyclic) bond motifs is 3. The number of ether oxygens (including phenoxy) is 1. The van der Waals surface area contributed by atoms with E-state index in [1.807, 2.05) is 35.6 Å². The lowest BCUT2D eigenvalue weighted by molar-refractivity contribution is -0.116. The lowest BCUT2D eigenvalue weighted by atomic mass is 9.88. The Labute approximate surface area is 162 Å². The molecule has 1 aliphatic heterocycles. The van der Waals surface area contributed by atoms with Crippen LogP contribution in [0.5, 0.6) is 5.75 Å². The van der Waals surface area contributed by atoms with E-state index in [9.17, 15) is 4.79 Å². The maximum absolute atomic E-state index is 12.6. The highest BCUT2D eigenvalue weighted by Gasteiger charge is 2.26. The molecule has 4 rings (SSSR count). The number of thiophene rings is 1. The minimum absolute atomic E-state index is 0.0243. The molecule has 0 saturated carbocycles. The van der Waals surface area contributed by atoms with E-state index in [1.165, 1.54) is 29.7 Å². The maximum Gasteiger partial charge on any atom is 0.258 e. The van der Waals surface area contributed by atoms with Crippen molar-refractivity contribution in [2.24, 2.45) is 5.92 Å². The molecule has 1 N–H and O–H groups in total. The van der Waals surface area contributed by atoms with Crippen molar-refractivity contribution in [1.82, 2.24) is 5.32 Å². The van der Waals surface area contributed by atoms with Gasteiger partial charge in [0.25, 0.3) is 5.91 Å². The molecule has 1 atom stereocenters. The van der Waals surface area contributed by atoms with E-state index in [2.05, 4.69) is 18.3 Å². The van der Waals surface area contributed by atoms with Crippen LogP contribution in [0.2, 0.25) is 0 Å². The molecule has 0 spiro atoms. The molecule has 2 aliphatic rings. The van der Waals surface area contributed by atoms with Crippen molar-refractivity contribution in [2.75, 3.05) is 7.11 Å². The highest BCUT2D eigenvalue weighted by Crippen LogP contribution is 2.43. The van der Waals surface area contributed by atoms with Gasteiger partial charge in [0.1, 0.15) is 5.75 Å². The van der Waals surface area contributed by atoms with E-state index in [-0.39, 0.29) is 5.91 Å². The minimum atomic E-state index is 0.0243. The first kappa shape index (κ1) is 17.7. The standard InChI is InChI=1S/C21H23NO2S2/c1-13-3-8-16-17-12-25-20(10-19(17)26-18(16)9-13)21(23)22-11-14-4-6-15(24-2)7-5-14/h4-7,10,13H,3,8-9,11-12H2,1-2H3,(H,22,23)/t13-/m0/s1. The summed E-state index contributed by atoms with van der Waals surface area (Å²) >= 11 is 3.57.